The molecule has 0 radical (unpaired) electrons. The first-order valence-electron chi connectivity index (χ1n) is 38.6. The molecule has 0 heterocycles. The van der Waals surface area contributed by atoms with Crippen LogP contribution in [0, 0.1) is 47.3 Å². The predicted molar refractivity (Wildman–Crippen MR) is 435 cm³/mol. The van der Waals surface area contributed by atoms with E-state index in [0.29, 0.717) is 41.4 Å². The van der Waals surface area contributed by atoms with Gasteiger partial charge in [-0.05, 0) is 282 Å². The van der Waals surface area contributed by atoms with Gasteiger partial charge in [0.15, 0.2) is 0 Å². The zero-order valence-corrected chi connectivity index (χ0v) is 58.8. The molecule has 0 aliphatic heterocycles. The molecule has 494 valence electrons. The Labute approximate surface area is 601 Å². The lowest BCUT2D eigenvalue weighted by Gasteiger charge is -2.43. The summed E-state index contributed by atoms with van der Waals surface area (Å²) in [6.07, 6.45) is 53.1. The van der Waals surface area contributed by atoms with E-state index in [4.69, 9.17) is 0 Å². The molecule has 0 saturated carbocycles. The number of allylic oxidation sites excluding steroid dienone is 23. The lowest BCUT2D eigenvalue weighted by atomic mass is 9.61. The van der Waals surface area contributed by atoms with E-state index in [1.54, 1.807) is 22.3 Å². The molecule has 0 saturated heterocycles. The maximum atomic E-state index is 2.83. The fourth-order valence-corrected chi connectivity index (χ4v) is 21.0. The maximum Gasteiger partial charge on any atom is 0.0199 e. The summed E-state index contributed by atoms with van der Waals surface area (Å²) in [6, 6.07) is 77.0. The van der Waals surface area contributed by atoms with Gasteiger partial charge in [-0.1, -0.05) is 306 Å². The summed E-state index contributed by atoms with van der Waals surface area (Å²) in [5.74, 6) is 3.73. The van der Waals surface area contributed by atoms with Gasteiger partial charge in [-0.25, -0.2) is 0 Å². The topological polar surface area (TPSA) is 0 Å². The molecule has 0 fully saturated rings. The molecule has 9 aliphatic carbocycles. The van der Waals surface area contributed by atoms with Gasteiger partial charge in [-0.2, -0.15) is 0 Å². The first-order valence-corrected chi connectivity index (χ1v) is 38.6. The molecular formula is C102H86. The van der Waals surface area contributed by atoms with Crippen LogP contribution in [0.1, 0.15) is 123 Å². The third-order valence-corrected chi connectivity index (χ3v) is 25.7. The van der Waals surface area contributed by atoms with Gasteiger partial charge in [-0.15, -0.1) is 0 Å². The van der Waals surface area contributed by atoms with Crippen molar-refractivity contribution in [3.63, 3.8) is 0 Å². The average molecular weight is 1310 g/mol. The molecule has 0 N–H and O–H groups in total. The van der Waals surface area contributed by atoms with Crippen molar-refractivity contribution in [2.75, 3.05) is 0 Å². The first kappa shape index (κ1) is 61.5. The fourth-order valence-electron chi connectivity index (χ4n) is 21.0. The van der Waals surface area contributed by atoms with Crippen molar-refractivity contribution < 1.29 is 0 Å². The highest BCUT2D eigenvalue weighted by Crippen LogP contribution is 2.56. The molecule has 0 aromatic heterocycles. The van der Waals surface area contributed by atoms with Gasteiger partial charge in [0.05, 0.1) is 0 Å². The van der Waals surface area contributed by atoms with Gasteiger partial charge in [-0.3, -0.25) is 0 Å². The van der Waals surface area contributed by atoms with Crippen molar-refractivity contribution in [1.82, 2.24) is 0 Å². The molecule has 20 rings (SSSR count). The fraction of sp³-hybridized carbons (Fsp3) is 0.216. The van der Waals surface area contributed by atoms with E-state index in [2.05, 4.69) is 311 Å². The molecule has 9 atom stereocenters. The molecule has 0 heteroatoms. The minimum atomic E-state index is 0.127. The Bertz CT molecular complexity index is 5880. The zero-order valence-electron chi connectivity index (χ0n) is 58.8. The molecule has 9 aliphatic rings. The summed E-state index contributed by atoms with van der Waals surface area (Å²) < 4.78 is 0. The maximum absolute atomic E-state index is 2.83. The van der Waals surface area contributed by atoms with Crippen LogP contribution in [0.15, 0.2) is 319 Å². The van der Waals surface area contributed by atoms with Gasteiger partial charge in [0, 0.05) is 17.8 Å². The Kier molecular flexibility index (Phi) is 15.2. The summed E-state index contributed by atoms with van der Waals surface area (Å²) in [5, 5.41) is 18.8. The summed E-state index contributed by atoms with van der Waals surface area (Å²) >= 11 is 0. The molecule has 0 spiro atoms. The van der Waals surface area contributed by atoms with E-state index in [9.17, 15) is 0 Å². The summed E-state index contributed by atoms with van der Waals surface area (Å²) in [5.41, 5.74) is 24.7. The largest absolute Gasteiger partial charge is 0.0839 e. The number of benzene rings is 11. The number of hydrogen-bond donors (Lipinski definition) is 0. The highest BCUT2D eigenvalue weighted by Gasteiger charge is 2.42. The van der Waals surface area contributed by atoms with Gasteiger partial charge in [0.2, 0.25) is 0 Å². The molecule has 0 amide bonds. The highest BCUT2D eigenvalue weighted by molar-refractivity contribution is 6.17. The van der Waals surface area contributed by atoms with Crippen molar-refractivity contribution in [2.45, 2.75) is 90.4 Å². The number of fused-ring (bicyclic) bond motifs is 16. The number of hydrogen-bond acceptors (Lipinski definition) is 0. The minimum absolute atomic E-state index is 0.127. The quantitative estimate of drug-likeness (QED) is 0.0688. The van der Waals surface area contributed by atoms with Crippen molar-refractivity contribution in [2.24, 2.45) is 47.3 Å². The van der Waals surface area contributed by atoms with Crippen LogP contribution in [-0.2, 0) is 6.42 Å². The van der Waals surface area contributed by atoms with Crippen LogP contribution in [0.2, 0.25) is 0 Å². The van der Waals surface area contributed by atoms with Gasteiger partial charge in [0.25, 0.3) is 0 Å². The van der Waals surface area contributed by atoms with Crippen LogP contribution in [0.25, 0.3) is 99.1 Å². The summed E-state index contributed by atoms with van der Waals surface area (Å²) in [4.78, 5) is 0. The Balaban J connectivity index is 0.737. The Morgan fingerprint density at radius 2 is 1.30 bits per heavy atom. The average Bonchev–Trinajstić information content (AvgIpc) is 0.741. The Hall–Kier alpha value is -10.4. The van der Waals surface area contributed by atoms with E-state index < -0.39 is 0 Å². The molecule has 11 aromatic rings. The van der Waals surface area contributed by atoms with Gasteiger partial charge in [0.1, 0.15) is 0 Å². The molecule has 102 heavy (non-hydrogen) atoms. The van der Waals surface area contributed by atoms with Crippen LogP contribution >= 0.6 is 0 Å². The Morgan fingerprint density at radius 1 is 0.549 bits per heavy atom. The van der Waals surface area contributed by atoms with Gasteiger partial charge < -0.3 is 0 Å². The second-order valence-electron chi connectivity index (χ2n) is 31.1. The van der Waals surface area contributed by atoms with E-state index in [1.165, 1.54) is 173 Å². The smallest absolute Gasteiger partial charge is 0.0199 e. The highest BCUT2D eigenvalue weighted by atomic mass is 14.5. The summed E-state index contributed by atoms with van der Waals surface area (Å²) in [7, 11) is 0. The van der Waals surface area contributed by atoms with Crippen molar-refractivity contribution in [1.29, 1.82) is 0 Å². The minimum Gasteiger partial charge on any atom is -0.0839 e. The lowest BCUT2D eigenvalue weighted by molar-refractivity contribution is 0.263. The van der Waals surface area contributed by atoms with Crippen LogP contribution in [-0.4, -0.2) is 0 Å². The van der Waals surface area contributed by atoms with E-state index in [1.807, 2.05) is 0 Å². The monoisotopic (exact) mass is 1310 g/mol. The Morgan fingerprint density at radius 3 is 2.16 bits per heavy atom. The second kappa shape index (κ2) is 25.3. The first-order chi connectivity index (χ1) is 50.5. The van der Waals surface area contributed by atoms with Crippen LogP contribution in [0.3, 0.4) is 0 Å². The SMILES string of the molecule is CCCC1C=C(C2C=CC3=CC4=c5ccccc5=CCC4CC3C2)C2=CC=CCC2C1CC=C(C=C(CC)c1c2ccccc2c(C2=CC3=Cc4ccc5ccccc5c4CC3CC2)c2ccccc12)C1=C2C=CC=CC2C(c2ccc3cc4c(ccc5ccccc54)cc3c2)c2ccccc21. The number of rotatable bonds is 11. The third kappa shape index (κ3) is 10.3. The third-order valence-electron chi connectivity index (χ3n) is 25.7. The van der Waals surface area contributed by atoms with E-state index >= 15 is 0 Å². The standard InChI is InChI=1S/C102H86/c1-3-21-70-62-98(74-47-41-67-59-95-71(53-78(67)56-74)44-38-64-22-5-8-25-81(64)95)86-29-12-11-28-85(86)84(70)51-50-77(102-93-36-19-17-34-91(93)101(92-35-18-20-37-94(92)102)76-49-43-69-61-97-73(55-80(69)58-76)46-40-66-24-7-10-27-83(66)97)52-63(4-2)99-87-30-13-15-32-89(87)100(90-33-16-14-31-88(90)99)75-48-42-68-60-96-72(54-79(68)57-75)45-39-65-23-6-9-26-82(65)96/h5-20,22-27,29-41,43,45-47,49-50,52,54-55,57-59,61-62,68,70-71,74,78,84-85,91,101H,3-4,21,28,42,44,48,51,53,56,60H2,1-2H3. The van der Waals surface area contributed by atoms with Crippen molar-refractivity contribution >= 4 is 99.1 Å². The van der Waals surface area contributed by atoms with E-state index in [-0.39, 0.29) is 11.8 Å². The van der Waals surface area contributed by atoms with Crippen LogP contribution in [0.4, 0.5) is 0 Å². The van der Waals surface area contributed by atoms with Gasteiger partial charge >= 0.3 is 0 Å². The molecule has 11 aromatic carbocycles. The normalized spacial score (nSPS) is 24.0. The molecular weight excluding hydrogens is 1230 g/mol. The second-order valence-corrected chi connectivity index (χ2v) is 31.1. The molecule has 9 unspecified atom stereocenters. The van der Waals surface area contributed by atoms with E-state index in [0.717, 1.165) is 44.9 Å². The zero-order chi connectivity index (χ0) is 67.5. The van der Waals surface area contributed by atoms with Crippen molar-refractivity contribution in [3.05, 3.63) is 368 Å². The predicted octanol–water partition coefficient (Wildman–Crippen LogP) is 25.1. The van der Waals surface area contributed by atoms with Crippen molar-refractivity contribution in [3.8, 4) is 0 Å². The summed E-state index contributed by atoms with van der Waals surface area (Å²) in [6.45, 7) is 4.86. The molecule has 0 nitrogen and oxygen atoms in total. The van der Waals surface area contributed by atoms with Crippen LogP contribution in [0.5, 0.6) is 0 Å². The molecule has 0 bridgehead atoms. The van der Waals surface area contributed by atoms with Crippen LogP contribution < -0.4 is 10.4 Å². The lowest BCUT2D eigenvalue weighted by Crippen LogP contribution is -2.36.